The van der Waals surface area contributed by atoms with E-state index in [0.717, 1.165) is 19.3 Å². The predicted molar refractivity (Wildman–Crippen MR) is 59.5 cm³/mol. The lowest BCUT2D eigenvalue weighted by Crippen LogP contribution is -2.13. The van der Waals surface area contributed by atoms with E-state index in [2.05, 4.69) is 11.9 Å². The van der Waals surface area contributed by atoms with Crippen LogP contribution in [-0.4, -0.2) is 10.8 Å². The second-order valence-electron chi connectivity index (χ2n) is 4.44. The quantitative estimate of drug-likeness (QED) is 0.752. The molecule has 0 saturated heterocycles. The van der Waals surface area contributed by atoms with Crippen molar-refractivity contribution < 1.29 is 4.79 Å². The van der Waals surface area contributed by atoms with Gasteiger partial charge in [0.15, 0.2) is 5.78 Å². The minimum atomic E-state index is 0.159. The smallest absolute Gasteiger partial charge is 0.169 e. The van der Waals surface area contributed by atoms with Gasteiger partial charge in [0.1, 0.15) is 0 Å². The van der Waals surface area contributed by atoms with E-state index < -0.39 is 0 Å². The molecule has 1 aromatic heterocycles. The number of hydrogen-bond donors (Lipinski definition) is 1. The SMILES string of the molecule is CC1CCC(C(=O)c2cnccc2N)C1. The third-order valence-electron chi connectivity index (χ3n) is 3.19. The number of hydrogen-bond acceptors (Lipinski definition) is 3. The predicted octanol–water partition coefficient (Wildman–Crippen LogP) is 2.28. The standard InChI is InChI=1S/C12H16N2O/c1-8-2-3-9(6-8)12(15)10-7-14-5-4-11(10)13/h4-5,7-9H,2-3,6H2,1H3,(H2,13,14). The highest BCUT2D eigenvalue weighted by molar-refractivity contribution is 6.02. The summed E-state index contributed by atoms with van der Waals surface area (Å²) in [5, 5.41) is 0. The average Bonchev–Trinajstić information content (AvgIpc) is 2.65. The van der Waals surface area contributed by atoms with Crippen molar-refractivity contribution in [3.8, 4) is 0 Å². The summed E-state index contributed by atoms with van der Waals surface area (Å²) in [7, 11) is 0. The molecule has 0 bridgehead atoms. The van der Waals surface area contributed by atoms with Crippen molar-refractivity contribution in [2.24, 2.45) is 11.8 Å². The van der Waals surface area contributed by atoms with Crippen LogP contribution in [0.3, 0.4) is 0 Å². The van der Waals surface area contributed by atoms with Crippen molar-refractivity contribution in [3.05, 3.63) is 24.0 Å². The summed E-state index contributed by atoms with van der Waals surface area (Å²) in [6.07, 6.45) is 6.34. The van der Waals surface area contributed by atoms with E-state index in [0.29, 0.717) is 17.2 Å². The van der Waals surface area contributed by atoms with Crippen LogP contribution < -0.4 is 5.73 Å². The third-order valence-corrected chi connectivity index (χ3v) is 3.19. The molecule has 2 N–H and O–H groups in total. The zero-order valence-corrected chi connectivity index (χ0v) is 8.94. The van der Waals surface area contributed by atoms with E-state index in [1.54, 1.807) is 18.5 Å². The number of nitrogens with zero attached hydrogens (tertiary/aromatic N) is 1. The molecular formula is C12H16N2O. The molecular weight excluding hydrogens is 188 g/mol. The van der Waals surface area contributed by atoms with Crippen molar-refractivity contribution in [1.29, 1.82) is 0 Å². The van der Waals surface area contributed by atoms with Gasteiger partial charge in [-0.2, -0.15) is 0 Å². The van der Waals surface area contributed by atoms with Crippen LogP contribution in [0.2, 0.25) is 0 Å². The summed E-state index contributed by atoms with van der Waals surface area (Å²) in [6, 6.07) is 1.69. The topological polar surface area (TPSA) is 56.0 Å². The van der Waals surface area contributed by atoms with Crippen LogP contribution in [-0.2, 0) is 0 Å². The van der Waals surface area contributed by atoms with Crippen LogP contribution in [0.15, 0.2) is 18.5 Å². The highest BCUT2D eigenvalue weighted by Crippen LogP contribution is 2.33. The van der Waals surface area contributed by atoms with Gasteiger partial charge in [-0.25, -0.2) is 0 Å². The number of carbonyl (C=O) groups is 1. The highest BCUT2D eigenvalue weighted by atomic mass is 16.1. The fourth-order valence-electron chi connectivity index (χ4n) is 2.28. The Kier molecular flexibility index (Phi) is 2.71. The number of anilines is 1. The Bertz CT molecular complexity index is 376. The first-order valence-corrected chi connectivity index (χ1v) is 5.42. The molecule has 3 nitrogen and oxygen atoms in total. The molecule has 2 rings (SSSR count). The summed E-state index contributed by atoms with van der Waals surface area (Å²) in [4.78, 5) is 16.0. The molecule has 3 heteroatoms. The van der Waals surface area contributed by atoms with Gasteiger partial charge in [0, 0.05) is 24.0 Å². The number of ketones is 1. The molecule has 0 aliphatic heterocycles. The van der Waals surface area contributed by atoms with Gasteiger partial charge in [-0.15, -0.1) is 0 Å². The van der Waals surface area contributed by atoms with Gasteiger partial charge in [0.25, 0.3) is 0 Å². The molecule has 2 unspecified atom stereocenters. The van der Waals surface area contributed by atoms with Gasteiger partial charge in [0.05, 0.1) is 5.56 Å². The number of aromatic nitrogens is 1. The number of rotatable bonds is 2. The Balaban J connectivity index is 2.18. The number of Topliss-reactive ketones (excluding diaryl/α,β-unsaturated/α-hetero) is 1. The molecule has 0 amide bonds. The van der Waals surface area contributed by atoms with Crippen LogP contribution in [0.4, 0.5) is 5.69 Å². The van der Waals surface area contributed by atoms with Gasteiger partial charge in [-0.3, -0.25) is 9.78 Å². The number of carbonyl (C=O) groups excluding carboxylic acids is 1. The van der Waals surface area contributed by atoms with Crippen LogP contribution in [0, 0.1) is 11.8 Å². The normalized spacial score (nSPS) is 25.4. The van der Waals surface area contributed by atoms with E-state index in [4.69, 9.17) is 5.73 Å². The maximum Gasteiger partial charge on any atom is 0.169 e. The van der Waals surface area contributed by atoms with Crippen LogP contribution in [0.25, 0.3) is 0 Å². The minimum Gasteiger partial charge on any atom is -0.398 e. The monoisotopic (exact) mass is 204 g/mol. The van der Waals surface area contributed by atoms with Crippen LogP contribution >= 0.6 is 0 Å². The molecule has 0 radical (unpaired) electrons. The Morgan fingerprint density at radius 2 is 2.33 bits per heavy atom. The van der Waals surface area contributed by atoms with E-state index in [1.807, 2.05) is 0 Å². The van der Waals surface area contributed by atoms with Gasteiger partial charge in [-0.1, -0.05) is 6.92 Å². The molecule has 0 aromatic carbocycles. The zero-order valence-electron chi connectivity index (χ0n) is 8.94. The lowest BCUT2D eigenvalue weighted by molar-refractivity contribution is 0.0921. The van der Waals surface area contributed by atoms with Crippen molar-refractivity contribution >= 4 is 11.5 Å². The Hall–Kier alpha value is -1.38. The molecule has 1 aliphatic rings. The molecule has 0 spiro atoms. The van der Waals surface area contributed by atoms with Gasteiger partial charge >= 0.3 is 0 Å². The maximum atomic E-state index is 12.1. The fourth-order valence-corrected chi connectivity index (χ4v) is 2.28. The summed E-state index contributed by atoms with van der Waals surface area (Å²) in [6.45, 7) is 2.19. The number of nitrogens with two attached hydrogens (primary N) is 1. The van der Waals surface area contributed by atoms with E-state index >= 15 is 0 Å². The second-order valence-corrected chi connectivity index (χ2v) is 4.44. The molecule has 2 atom stereocenters. The average molecular weight is 204 g/mol. The van der Waals surface area contributed by atoms with Crippen molar-refractivity contribution in [2.45, 2.75) is 26.2 Å². The summed E-state index contributed by atoms with van der Waals surface area (Å²) in [5.41, 5.74) is 6.91. The molecule has 1 saturated carbocycles. The van der Waals surface area contributed by atoms with Crippen molar-refractivity contribution in [3.63, 3.8) is 0 Å². The first-order valence-electron chi connectivity index (χ1n) is 5.42. The maximum absolute atomic E-state index is 12.1. The van der Waals surface area contributed by atoms with Crippen molar-refractivity contribution in [2.75, 3.05) is 5.73 Å². The Morgan fingerprint density at radius 3 is 2.93 bits per heavy atom. The van der Waals surface area contributed by atoms with Gasteiger partial charge in [0.2, 0.25) is 0 Å². The van der Waals surface area contributed by atoms with Gasteiger partial charge in [-0.05, 0) is 31.2 Å². The first kappa shape index (κ1) is 10.1. The molecule has 1 aliphatic carbocycles. The lowest BCUT2D eigenvalue weighted by atomic mass is 9.95. The largest absolute Gasteiger partial charge is 0.398 e. The molecule has 80 valence electrons. The summed E-state index contributed by atoms with van der Waals surface area (Å²) in [5.74, 6) is 0.994. The first-order chi connectivity index (χ1) is 7.18. The van der Waals surface area contributed by atoms with E-state index in [1.165, 1.54) is 0 Å². The zero-order chi connectivity index (χ0) is 10.8. The third kappa shape index (κ3) is 2.01. The highest BCUT2D eigenvalue weighted by Gasteiger charge is 2.28. The van der Waals surface area contributed by atoms with E-state index in [9.17, 15) is 4.79 Å². The molecule has 1 fully saturated rings. The molecule has 1 heterocycles. The minimum absolute atomic E-state index is 0.159. The van der Waals surface area contributed by atoms with Crippen LogP contribution in [0.1, 0.15) is 36.5 Å². The molecule has 1 aromatic rings. The molecule has 15 heavy (non-hydrogen) atoms. The van der Waals surface area contributed by atoms with Gasteiger partial charge < -0.3 is 5.73 Å². The fraction of sp³-hybridized carbons (Fsp3) is 0.500. The Labute approximate surface area is 89.7 Å². The number of nitrogen functional groups attached to an aromatic ring is 1. The summed E-state index contributed by atoms with van der Waals surface area (Å²) >= 11 is 0. The summed E-state index contributed by atoms with van der Waals surface area (Å²) < 4.78 is 0. The van der Waals surface area contributed by atoms with Crippen molar-refractivity contribution in [1.82, 2.24) is 4.98 Å². The Morgan fingerprint density at radius 1 is 1.53 bits per heavy atom. The van der Waals surface area contributed by atoms with Crippen LogP contribution in [0.5, 0.6) is 0 Å². The van der Waals surface area contributed by atoms with E-state index in [-0.39, 0.29) is 11.7 Å². The number of pyridine rings is 1. The second kappa shape index (κ2) is 4.01. The lowest BCUT2D eigenvalue weighted by Gasteiger charge is -2.09.